The van der Waals surface area contributed by atoms with E-state index in [1.54, 1.807) is 18.2 Å². The van der Waals surface area contributed by atoms with E-state index in [4.69, 9.17) is 23.2 Å². The normalized spacial score (nSPS) is 17.5. The first-order valence-electron chi connectivity index (χ1n) is 4.65. The molecule has 0 bridgehead atoms. The zero-order valence-corrected chi connectivity index (χ0v) is 9.41. The minimum Gasteiger partial charge on any atom is -0.276 e. The highest BCUT2D eigenvalue weighted by Gasteiger charge is 2.46. The first-order chi connectivity index (χ1) is 7.10. The van der Waals surface area contributed by atoms with Crippen LogP contribution >= 0.6 is 23.2 Å². The smallest absolute Gasteiger partial charge is 0.254 e. The number of hydrogen-bond donors (Lipinski definition) is 0. The summed E-state index contributed by atoms with van der Waals surface area (Å²) in [6.45, 7) is -0.468. The van der Waals surface area contributed by atoms with Gasteiger partial charge in [-0.25, -0.2) is 0 Å². The van der Waals surface area contributed by atoms with Gasteiger partial charge < -0.3 is 0 Å². The third-order valence-corrected chi connectivity index (χ3v) is 3.39. The lowest BCUT2D eigenvalue weighted by molar-refractivity contribution is 0.108. The molecule has 1 aromatic rings. The SMILES string of the molecule is O=C(Cl)c1c(Cl)cccc1C1(CF)CC1. The molecule has 0 saturated heterocycles. The van der Waals surface area contributed by atoms with Gasteiger partial charge in [0.25, 0.3) is 5.24 Å². The number of hydrogen-bond acceptors (Lipinski definition) is 1. The molecule has 0 atom stereocenters. The quantitative estimate of drug-likeness (QED) is 0.744. The Labute approximate surface area is 97.2 Å². The Bertz CT molecular complexity index is 413. The van der Waals surface area contributed by atoms with Gasteiger partial charge >= 0.3 is 0 Å². The predicted molar refractivity (Wildman–Crippen MR) is 58.5 cm³/mol. The Morgan fingerprint density at radius 3 is 2.60 bits per heavy atom. The monoisotopic (exact) mass is 246 g/mol. The summed E-state index contributed by atoms with van der Waals surface area (Å²) < 4.78 is 12.9. The van der Waals surface area contributed by atoms with Gasteiger partial charge in [-0.05, 0) is 36.1 Å². The highest BCUT2D eigenvalue weighted by atomic mass is 35.5. The molecule has 0 aromatic heterocycles. The van der Waals surface area contributed by atoms with E-state index in [1.165, 1.54) is 0 Å². The molecular weight excluding hydrogens is 238 g/mol. The molecule has 0 spiro atoms. The van der Waals surface area contributed by atoms with E-state index in [0.29, 0.717) is 10.6 Å². The van der Waals surface area contributed by atoms with E-state index < -0.39 is 17.3 Å². The van der Waals surface area contributed by atoms with Crippen LogP contribution in [0.5, 0.6) is 0 Å². The van der Waals surface area contributed by atoms with Crippen LogP contribution in [-0.4, -0.2) is 11.9 Å². The van der Waals surface area contributed by atoms with Crippen molar-refractivity contribution >= 4 is 28.4 Å². The summed E-state index contributed by atoms with van der Waals surface area (Å²) in [4.78, 5) is 11.2. The van der Waals surface area contributed by atoms with E-state index >= 15 is 0 Å². The average molecular weight is 247 g/mol. The van der Waals surface area contributed by atoms with Crippen LogP contribution in [0.15, 0.2) is 18.2 Å². The van der Waals surface area contributed by atoms with Crippen LogP contribution in [-0.2, 0) is 5.41 Å². The van der Waals surface area contributed by atoms with Gasteiger partial charge in [0.15, 0.2) is 0 Å². The lowest BCUT2D eigenvalue weighted by Crippen LogP contribution is -2.13. The molecule has 0 radical (unpaired) electrons. The van der Waals surface area contributed by atoms with Crippen molar-refractivity contribution in [3.05, 3.63) is 34.3 Å². The summed E-state index contributed by atoms with van der Waals surface area (Å²) in [6, 6.07) is 5.04. The van der Waals surface area contributed by atoms with Crippen LogP contribution in [0.25, 0.3) is 0 Å². The second-order valence-corrected chi connectivity index (χ2v) is 4.60. The van der Waals surface area contributed by atoms with Crippen LogP contribution in [0.1, 0.15) is 28.8 Å². The van der Waals surface area contributed by atoms with Crippen molar-refractivity contribution in [1.29, 1.82) is 0 Å². The van der Waals surface area contributed by atoms with Gasteiger partial charge in [-0.3, -0.25) is 9.18 Å². The highest BCUT2D eigenvalue weighted by Crippen LogP contribution is 2.50. The third-order valence-electron chi connectivity index (χ3n) is 2.89. The van der Waals surface area contributed by atoms with Crippen LogP contribution in [0.2, 0.25) is 5.02 Å². The number of carbonyl (C=O) groups excluding carboxylic acids is 1. The van der Waals surface area contributed by atoms with E-state index in [2.05, 4.69) is 0 Å². The summed E-state index contributed by atoms with van der Waals surface area (Å²) in [5, 5.41) is -0.317. The maximum absolute atomic E-state index is 12.9. The van der Waals surface area contributed by atoms with Crippen molar-refractivity contribution < 1.29 is 9.18 Å². The Kier molecular flexibility index (Phi) is 2.73. The van der Waals surface area contributed by atoms with E-state index in [0.717, 1.165) is 12.8 Å². The fourth-order valence-corrected chi connectivity index (χ4v) is 2.30. The van der Waals surface area contributed by atoms with Crippen molar-refractivity contribution in [2.45, 2.75) is 18.3 Å². The Balaban J connectivity index is 2.56. The van der Waals surface area contributed by atoms with Gasteiger partial charge in [0.1, 0.15) is 0 Å². The Hall–Kier alpha value is -0.600. The molecule has 4 heteroatoms. The molecule has 0 unspecified atom stereocenters. The molecule has 0 N–H and O–H groups in total. The number of carbonyl (C=O) groups is 1. The summed E-state index contributed by atoms with van der Waals surface area (Å²) in [5.41, 5.74) is 0.401. The van der Waals surface area contributed by atoms with Crippen LogP contribution in [0.4, 0.5) is 4.39 Å². The van der Waals surface area contributed by atoms with E-state index in [1.807, 2.05) is 0 Å². The van der Waals surface area contributed by atoms with Crippen molar-refractivity contribution in [2.75, 3.05) is 6.67 Å². The molecule has 1 aliphatic carbocycles. The van der Waals surface area contributed by atoms with Gasteiger partial charge in [0.2, 0.25) is 0 Å². The zero-order valence-electron chi connectivity index (χ0n) is 7.90. The maximum atomic E-state index is 12.9. The standard InChI is InChI=1S/C11H9Cl2FO/c12-8-3-1-2-7(9(8)10(13)15)11(6-14)4-5-11/h1-3H,4-6H2. The molecule has 1 aromatic carbocycles. The first-order valence-corrected chi connectivity index (χ1v) is 5.41. The lowest BCUT2D eigenvalue weighted by atomic mass is 9.93. The molecule has 15 heavy (non-hydrogen) atoms. The largest absolute Gasteiger partial charge is 0.276 e. The van der Waals surface area contributed by atoms with Crippen molar-refractivity contribution in [1.82, 2.24) is 0 Å². The molecule has 0 heterocycles. The topological polar surface area (TPSA) is 17.1 Å². The highest BCUT2D eigenvalue weighted by molar-refractivity contribution is 6.69. The summed E-state index contributed by atoms with van der Waals surface area (Å²) in [7, 11) is 0. The fraction of sp³-hybridized carbons (Fsp3) is 0.364. The molecular formula is C11H9Cl2FO. The van der Waals surface area contributed by atoms with Crippen molar-refractivity contribution in [3.8, 4) is 0 Å². The molecule has 2 rings (SSSR count). The Morgan fingerprint density at radius 1 is 1.47 bits per heavy atom. The second kappa shape index (κ2) is 3.76. The lowest BCUT2D eigenvalue weighted by Gasteiger charge is -2.15. The zero-order chi connectivity index (χ0) is 11.1. The number of alkyl halides is 1. The number of benzene rings is 1. The number of rotatable bonds is 3. The van der Waals surface area contributed by atoms with Crippen LogP contribution < -0.4 is 0 Å². The van der Waals surface area contributed by atoms with Crippen LogP contribution in [0.3, 0.4) is 0 Å². The molecule has 0 aliphatic heterocycles. The van der Waals surface area contributed by atoms with Crippen molar-refractivity contribution in [3.63, 3.8) is 0 Å². The second-order valence-electron chi connectivity index (χ2n) is 3.85. The number of halogens is 3. The summed E-state index contributed by atoms with van der Waals surface area (Å²) in [6.07, 6.45) is 1.50. The van der Waals surface area contributed by atoms with Crippen molar-refractivity contribution in [2.24, 2.45) is 0 Å². The fourth-order valence-electron chi connectivity index (χ4n) is 1.79. The van der Waals surface area contributed by atoms with Gasteiger partial charge in [0.05, 0.1) is 17.3 Å². The average Bonchev–Trinajstić information content (AvgIpc) is 2.97. The van der Waals surface area contributed by atoms with Gasteiger partial charge in [-0.1, -0.05) is 23.7 Å². The van der Waals surface area contributed by atoms with Gasteiger partial charge in [0, 0.05) is 5.41 Å². The minimum absolute atomic E-state index is 0.260. The molecule has 1 saturated carbocycles. The minimum atomic E-state index is -0.615. The molecule has 0 amide bonds. The van der Waals surface area contributed by atoms with Crippen LogP contribution in [0, 0.1) is 0 Å². The predicted octanol–water partition coefficient (Wildman–Crippen LogP) is 3.72. The molecule has 1 fully saturated rings. The summed E-state index contributed by atoms with van der Waals surface area (Å²) >= 11 is 11.3. The first kappa shape index (κ1) is 10.9. The van der Waals surface area contributed by atoms with Gasteiger partial charge in [-0.15, -0.1) is 0 Å². The summed E-state index contributed by atoms with van der Waals surface area (Å²) in [5.74, 6) is 0. The van der Waals surface area contributed by atoms with E-state index in [-0.39, 0.29) is 5.56 Å². The maximum Gasteiger partial charge on any atom is 0.254 e. The third kappa shape index (κ3) is 1.77. The molecule has 1 nitrogen and oxygen atoms in total. The Morgan fingerprint density at radius 2 is 2.13 bits per heavy atom. The molecule has 1 aliphatic rings. The van der Waals surface area contributed by atoms with E-state index in [9.17, 15) is 9.18 Å². The van der Waals surface area contributed by atoms with Gasteiger partial charge in [-0.2, -0.15) is 0 Å². The molecule has 80 valence electrons.